The Morgan fingerprint density at radius 2 is 2.06 bits per heavy atom. The van der Waals surface area contributed by atoms with E-state index in [1.807, 2.05) is 23.1 Å². The van der Waals surface area contributed by atoms with Gasteiger partial charge in [-0.25, -0.2) is 0 Å². The fourth-order valence-corrected chi connectivity index (χ4v) is 2.47. The van der Waals surface area contributed by atoms with Gasteiger partial charge in [-0.15, -0.1) is 0 Å². The zero-order valence-electron chi connectivity index (χ0n) is 10.8. The third kappa shape index (κ3) is 3.10. The molecule has 98 valence electrons. The molecule has 1 aromatic rings. The van der Waals surface area contributed by atoms with Crippen LogP contribution >= 0.6 is 0 Å². The number of hydrogen-bond acceptors (Lipinski definition) is 2. The zero-order chi connectivity index (χ0) is 12.8. The van der Waals surface area contributed by atoms with Crippen molar-refractivity contribution < 1.29 is 9.90 Å². The van der Waals surface area contributed by atoms with E-state index in [2.05, 4.69) is 6.07 Å². The summed E-state index contributed by atoms with van der Waals surface area (Å²) in [5.41, 5.74) is 2.37. The van der Waals surface area contributed by atoms with Crippen LogP contribution in [0.3, 0.4) is 0 Å². The summed E-state index contributed by atoms with van der Waals surface area (Å²) < 4.78 is 0. The highest BCUT2D eigenvalue weighted by Crippen LogP contribution is 2.26. The van der Waals surface area contributed by atoms with E-state index < -0.39 is 0 Å². The molecule has 1 aliphatic heterocycles. The molecule has 0 fully saturated rings. The van der Waals surface area contributed by atoms with E-state index in [1.54, 1.807) is 0 Å². The highest BCUT2D eigenvalue weighted by molar-refractivity contribution is 5.94. The number of aliphatic hydroxyl groups is 1. The second-order valence-electron chi connectivity index (χ2n) is 4.81. The maximum absolute atomic E-state index is 12.2. The van der Waals surface area contributed by atoms with Gasteiger partial charge < -0.3 is 10.0 Å². The Morgan fingerprint density at radius 3 is 2.89 bits per heavy atom. The number of amides is 1. The van der Waals surface area contributed by atoms with Gasteiger partial charge in [-0.1, -0.05) is 18.2 Å². The number of para-hydroxylation sites is 1. The number of carbonyl (C=O) groups is 1. The molecule has 0 saturated heterocycles. The van der Waals surface area contributed by atoms with Crippen LogP contribution in [0.15, 0.2) is 24.3 Å². The van der Waals surface area contributed by atoms with Crippen molar-refractivity contribution in [3.8, 4) is 0 Å². The Hall–Kier alpha value is -1.35. The molecule has 1 N–H and O–H groups in total. The van der Waals surface area contributed by atoms with Crippen LogP contribution in [0.25, 0.3) is 0 Å². The molecule has 0 atom stereocenters. The normalized spacial score (nSPS) is 15.1. The van der Waals surface area contributed by atoms with Crippen molar-refractivity contribution in [3.63, 3.8) is 0 Å². The fraction of sp³-hybridized carbons (Fsp3) is 0.533. The van der Waals surface area contributed by atoms with Crippen molar-refractivity contribution >= 4 is 11.6 Å². The first-order chi connectivity index (χ1) is 8.83. The van der Waals surface area contributed by atoms with E-state index in [9.17, 15) is 4.79 Å². The number of anilines is 1. The monoisotopic (exact) mass is 247 g/mol. The third-order valence-electron chi connectivity index (χ3n) is 3.46. The number of aryl methyl sites for hydroxylation is 1. The number of hydrogen-bond donors (Lipinski definition) is 1. The Labute approximate surface area is 108 Å². The molecule has 18 heavy (non-hydrogen) atoms. The summed E-state index contributed by atoms with van der Waals surface area (Å²) in [6.07, 6.45) is 5.30. The summed E-state index contributed by atoms with van der Waals surface area (Å²) in [5, 5.41) is 8.77. The van der Waals surface area contributed by atoms with Crippen molar-refractivity contribution in [2.24, 2.45) is 0 Å². The molecule has 0 radical (unpaired) electrons. The van der Waals surface area contributed by atoms with Crippen LogP contribution in [-0.2, 0) is 11.2 Å². The van der Waals surface area contributed by atoms with Crippen LogP contribution in [-0.4, -0.2) is 24.2 Å². The lowest BCUT2D eigenvalue weighted by Crippen LogP contribution is -2.31. The Kier molecular flexibility index (Phi) is 4.76. The lowest BCUT2D eigenvalue weighted by atomic mass is 10.1. The molecule has 0 unspecified atom stereocenters. The summed E-state index contributed by atoms with van der Waals surface area (Å²) in [5.74, 6) is 0.192. The molecule has 0 bridgehead atoms. The van der Waals surface area contributed by atoms with Crippen LogP contribution in [0.2, 0.25) is 0 Å². The van der Waals surface area contributed by atoms with Gasteiger partial charge in [-0.05, 0) is 43.7 Å². The number of carbonyl (C=O) groups excluding carboxylic acids is 1. The number of benzene rings is 1. The molecule has 1 heterocycles. The molecule has 2 rings (SSSR count). The number of aliphatic hydroxyl groups excluding tert-OH is 1. The number of unbranched alkanes of at least 4 members (excludes halogenated alkanes) is 1. The van der Waals surface area contributed by atoms with Crippen LogP contribution in [0.5, 0.6) is 0 Å². The summed E-state index contributed by atoms with van der Waals surface area (Å²) >= 11 is 0. The van der Waals surface area contributed by atoms with Gasteiger partial charge in [0.25, 0.3) is 0 Å². The van der Waals surface area contributed by atoms with E-state index >= 15 is 0 Å². The van der Waals surface area contributed by atoms with Crippen LogP contribution < -0.4 is 4.90 Å². The molecular formula is C15H21NO2. The minimum absolute atomic E-state index is 0.171. The molecule has 1 aromatic carbocycles. The van der Waals surface area contributed by atoms with E-state index in [1.165, 1.54) is 5.56 Å². The standard InChI is InChI=1S/C15H21NO2/c17-12-6-4-10-15(18)16-11-5-3-8-13-7-1-2-9-14(13)16/h1-2,7,9,17H,3-6,8,10-12H2. The van der Waals surface area contributed by atoms with Crippen LogP contribution in [0.1, 0.15) is 37.7 Å². The molecule has 3 nitrogen and oxygen atoms in total. The van der Waals surface area contributed by atoms with Crippen LogP contribution in [0, 0.1) is 0 Å². The Balaban J connectivity index is 2.09. The minimum Gasteiger partial charge on any atom is -0.396 e. The van der Waals surface area contributed by atoms with Gasteiger partial charge in [0.05, 0.1) is 0 Å². The van der Waals surface area contributed by atoms with Crippen molar-refractivity contribution in [1.29, 1.82) is 0 Å². The second-order valence-corrected chi connectivity index (χ2v) is 4.81. The molecule has 0 spiro atoms. The molecule has 3 heteroatoms. The first kappa shape index (κ1) is 13.1. The number of rotatable bonds is 4. The largest absolute Gasteiger partial charge is 0.396 e. The average Bonchev–Trinajstić information content (AvgIpc) is 2.61. The smallest absolute Gasteiger partial charge is 0.226 e. The molecule has 1 aliphatic rings. The summed E-state index contributed by atoms with van der Waals surface area (Å²) in [7, 11) is 0. The third-order valence-corrected chi connectivity index (χ3v) is 3.46. The van der Waals surface area contributed by atoms with E-state index in [4.69, 9.17) is 5.11 Å². The molecule has 0 aromatic heterocycles. The lowest BCUT2D eigenvalue weighted by molar-refractivity contribution is -0.118. The highest BCUT2D eigenvalue weighted by Gasteiger charge is 2.19. The first-order valence-corrected chi connectivity index (χ1v) is 6.82. The zero-order valence-corrected chi connectivity index (χ0v) is 10.8. The average molecular weight is 247 g/mol. The van der Waals surface area contributed by atoms with Gasteiger partial charge in [-0.2, -0.15) is 0 Å². The van der Waals surface area contributed by atoms with E-state index in [0.29, 0.717) is 12.8 Å². The maximum atomic E-state index is 12.2. The van der Waals surface area contributed by atoms with Gasteiger partial charge in [0.15, 0.2) is 0 Å². The number of nitrogens with zero attached hydrogens (tertiary/aromatic N) is 1. The van der Waals surface area contributed by atoms with Crippen molar-refractivity contribution in [2.45, 2.75) is 38.5 Å². The van der Waals surface area contributed by atoms with Crippen molar-refractivity contribution in [2.75, 3.05) is 18.1 Å². The first-order valence-electron chi connectivity index (χ1n) is 6.82. The summed E-state index contributed by atoms with van der Waals surface area (Å²) in [6.45, 7) is 0.999. The molecule has 0 aliphatic carbocycles. The van der Waals surface area contributed by atoms with E-state index in [-0.39, 0.29) is 12.5 Å². The fourth-order valence-electron chi connectivity index (χ4n) is 2.47. The highest BCUT2D eigenvalue weighted by atomic mass is 16.3. The van der Waals surface area contributed by atoms with Gasteiger partial charge in [0.1, 0.15) is 0 Å². The lowest BCUT2D eigenvalue weighted by Gasteiger charge is -2.22. The quantitative estimate of drug-likeness (QED) is 0.831. The maximum Gasteiger partial charge on any atom is 0.226 e. The summed E-state index contributed by atoms with van der Waals surface area (Å²) in [4.78, 5) is 14.2. The van der Waals surface area contributed by atoms with E-state index in [0.717, 1.165) is 37.9 Å². The van der Waals surface area contributed by atoms with Gasteiger partial charge in [-0.3, -0.25) is 4.79 Å². The Morgan fingerprint density at radius 1 is 1.22 bits per heavy atom. The molecule has 0 saturated carbocycles. The summed E-state index contributed by atoms with van der Waals surface area (Å²) in [6, 6.07) is 8.20. The predicted molar refractivity (Wildman–Crippen MR) is 72.7 cm³/mol. The second kappa shape index (κ2) is 6.55. The number of fused-ring (bicyclic) bond motifs is 1. The van der Waals surface area contributed by atoms with Crippen molar-refractivity contribution in [3.05, 3.63) is 29.8 Å². The topological polar surface area (TPSA) is 40.5 Å². The van der Waals surface area contributed by atoms with Gasteiger partial charge >= 0.3 is 0 Å². The predicted octanol–water partition coefficient (Wildman–Crippen LogP) is 2.52. The van der Waals surface area contributed by atoms with Crippen LogP contribution in [0.4, 0.5) is 5.69 Å². The van der Waals surface area contributed by atoms with Gasteiger partial charge in [0, 0.05) is 25.3 Å². The molecular weight excluding hydrogens is 226 g/mol. The molecule has 1 amide bonds. The van der Waals surface area contributed by atoms with Crippen molar-refractivity contribution in [1.82, 2.24) is 0 Å². The SMILES string of the molecule is O=C(CCCCO)N1CCCCc2ccccc21. The minimum atomic E-state index is 0.171. The van der Waals surface area contributed by atoms with Gasteiger partial charge in [0.2, 0.25) is 5.91 Å². The Bertz CT molecular complexity index is 403.